The molecule has 0 spiro atoms. The van der Waals surface area contributed by atoms with Crippen molar-refractivity contribution in [1.29, 1.82) is 0 Å². The minimum Gasteiger partial charge on any atom is -0.342 e. The van der Waals surface area contributed by atoms with Gasteiger partial charge in [-0.1, -0.05) is 36.2 Å². The Morgan fingerprint density at radius 3 is 2.77 bits per heavy atom. The molecule has 1 aromatic heterocycles. The lowest BCUT2D eigenvalue weighted by atomic mass is 9.94. The van der Waals surface area contributed by atoms with E-state index in [0.29, 0.717) is 12.3 Å². The molecule has 116 valence electrons. The van der Waals surface area contributed by atoms with Crippen LogP contribution in [0.25, 0.3) is 0 Å². The highest BCUT2D eigenvalue weighted by Crippen LogP contribution is 2.28. The van der Waals surface area contributed by atoms with Gasteiger partial charge in [0, 0.05) is 28.9 Å². The van der Waals surface area contributed by atoms with Crippen LogP contribution < -0.4 is 0 Å². The van der Waals surface area contributed by atoms with E-state index in [0.717, 1.165) is 35.8 Å². The first-order chi connectivity index (χ1) is 10.7. The van der Waals surface area contributed by atoms with E-state index in [4.69, 9.17) is 11.6 Å². The number of nitrogens with zero attached hydrogens (tertiary/aromatic N) is 1. The molecule has 0 unspecified atom stereocenters. The molecule has 1 amide bonds. The van der Waals surface area contributed by atoms with Gasteiger partial charge in [0.15, 0.2) is 0 Å². The van der Waals surface area contributed by atoms with Crippen molar-refractivity contribution in [3.63, 3.8) is 0 Å². The highest BCUT2D eigenvalue weighted by Gasteiger charge is 2.23. The Labute approximate surface area is 140 Å². The van der Waals surface area contributed by atoms with E-state index in [9.17, 15) is 4.79 Å². The van der Waals surface area contributed by atoms with Crippen LogP contribution in [0.1, 0.15) is 35.6 Å². The number of halogens is 1. The first-order valence-electron chi connectivity index (χ1n) is 7.78. The molecule has 1 atom stereocenters. The summed E-state index contributed by atoms with van der Waals surface area (Å²) in [5, 5.41) is 2.80. The third kappa shape index (κ3) is 3.90. The van der Waals surface area contributed by atoms with Crippen LogP contribution in [0.5, 0.6) is 0 Å². The average Bonchev–Trinajstić information content (AvgIpc) is 2.90. The largest absolute Gasteiger partial charge is 0.342 e. The fourth-order valence-corrected chi connectivity index (χ4v) is 3.87. The quantitative estimate of drug-likeness (QED) is 0.794. The van der Waals surface area contributed by atoms with Crippen LogP contribution in [0.2, 0.25) is 5.02 Å². The van der Waals surface area contributed by atoms with Gasteiger partial charge < -0.3 is 4.90 Å². The topological polar surface area (TPSA) is 20.3 Å². The average molecular weight is 334 g/mol. The number of amides is 1. The smallest absolute Gasteiger partial charge is 0.227 e. The van der Waals surface area contributed by atoms with Gasteiger partial charge in [-0.15, -0.1) is 11.3 Å². The maximum absolute atomic E-state index is 12.6. The highest BCUT2D eigenvalue weighted by molar-refractivity contribution is 7.10. The summed E-state index contributed by atoms with van der Waals surface area (Å²) in [7, 11) is 0. The number of rotatable bonds is 3. The Balaban J connectivity index is 1.69. The molecule has 3 rings (SSSR count). The summed E-state index contributed by atoms with van der Waals surface area (Å²) < 4.78 is 0. The number of likely N-dealkylation sites (tertiary alicyclic amines) is 1. The van der Waals surface area contributed by atoms with Gasteiger partial charge in [0.25, 0.3) is 0 Å². The van der Waals surface area contributed by atoms with Crippen molar-refractivity contribution in [3.05, 3.63) is 57.2 Å². The van der Waals surface area contributed by atoms with Crippen molar-refractivity contribution in [2.45, 2.75) is 31.6 Å². The van der Waals surface area contributed by atoms with Gasteiger partial charge in [-0.25, -0.2) is 0 Å². The van der Waals surface area contributed by atoms with E-state index in [1.165, 1.54) is 12.0 Å². The number of carbonyl (C=O) groups excluding carboxylic acids is 1. The molecular weight excluding hydrogens is 314 g/mol. The van der Waals surface area contributed by atoms with Crippen LogP contribution in [0.3, 0.4) is 0 Å². The van der Waals surface area contributed by atoms with Gasteiger partial charge >= 0.3 is 0 Å². The minimum atomic E-state index is 0.253. The lowest BCUT2D eigenvalue weighted by Crippen LogP contribution is -2.35. The summed E-state index contributed by atoms with van der Waals surface area (Å²) in [6, 6.07) is 12.1. The predicted octanol–water partition coefficient (Wildman–Crippen LogP) is 4.74. The van der Waals surface area contributed by atoms with Gasteiger partial charge in [0.05, 0.1) is 6.42 Å². The summed E-state index contributed by atoms with van der Waals surface area (Å²) >= 11 is 7.64. The molecule has 1 fully saturated rings. The monoisotopic (exact) mass is 333 g/mol. The summed E-state index contributed by atoms with van der Waals surface area (Å²) in [4.78, 5) is 15.8. The van der Waals surface area contributed by atoms with E-state index in [1.54, 1.807) is 11.3 Å². The second kappa shape index (κ2) is 7.30. The molecular formula is C18H20ClNOS. The number of benzene rings is 1. The number of thiophene rings is 1. The van der Waals surface area contributed by atoms with Crippen molar-refractivity contribution in [3.8, 4) is 0 Å². The van der Waals surface area contributed by atoms with E-state index >= 15 is 0 Å². The van der Waals surface area contributed by atoms with Gasteiger partial charge in [-0.2, -0.15) is 0 Å². The molecule has 0 bridgehead atoms. The van der Waals surface area contributed by atoms with Gasteiger partial charge in [0.2, 0.25) is 5.91 Å². The van der Waals surface area contributed by atoms with E-state index in [1.807, 2.05) is 34.5 Å². The van der Waals surface area contributed by atoms with Crippen molar-refractivity contribution >= 4 is 28.8 Å². The normalized spacial score (nSPS) is 19.0. The van der Waals surface area contributed by atoms with Crippen LogP contribution in [0.15, 0.2) is 41.8 Å². The van der Waals surface area contributed by atoms with Crippen molar-refractivity contribution in [2.24, 2.45) is 0 Å². The molecule has 2 aromatic rings. The molecule has 1 aliphatic heterocycles. The highest BCUT2D eigenvalue weighted by atomic mass is 35.5. The second-order valence-electron chi connectivity index (χ2n) is 5.84. The molecule has 2 nitrogen and oxygen atoms in total. The van der Waals surface area contributed by atoms with Crippen LogP contribution in [0, 0.1) is 0 Å². The molecule has 1 saturated heterocycles. The second-order valence-corrected chi connectivity index (χ2v) is 7.31. The van der Waals surface area contributed by atoms with Gasteiger partial charge in [-0.3, -0.25) is 4.79 Å². The molecule has 1 aliphatic rings. The summed E-state index contributed by atoms with van der Waals surface area (Å²) in [6.07, 6.45) is 3.95. The Bertz CT molecular complexity index is 609. The number of carbonyl (C=O) groups is 1. The molecule has 1 aromatic carbocycles. The SMILES string of the molecule is O=C(Cc1cccs1)N1CCCC[C@H](c2ccc(Cl)cc2)C1. The molecule has 0 N–H and O–H groups in total. The molecule has 0 aliphatic carbocycles. The Kier molecular flexibility index (Phi) is 5.16. The zero-order valence-corrected chi connectivity index (χ0v) is 14.1. The van der Waals surface area contributed by atoms with Crippen LogP contribution in [0.4, 0.5) is 0 Å². The molecule has 22 heavy (non-hydrogen) atoms. The Hall–Kier alpha value is -1.32. The van der Waals surface area contributed by atoms with E-state index in [2.05, 4.69) is 12.1 Å². The summed E-state index contributed by atoms with van der Waals surface area (Å²) in [5.74, 6) is 0.676. The molecule has 4 heteroatoms. The minimum absolute atomic E-state index is 0.253. The maximum Gasteiger partial charge on any atom is 0.227 e. The Morgan fingerprint density at radius 1 is 1.23 bits per heavy atom. The van der Waals surface area contributed by atoms with Crippen molar-refractivity contribution in [2.75, 3.05) is 13.1 Å². The standard InChI is InChI=1S/C18H20ClNOS/c19-16-8-6-14(7-9-16)15-4-1-2-10-20(13-15)18(21)12-17-5-3-11-22-17/h3,5-9,11,15H,1-2,4,10,12-13H2/t15-/m0/s1. The van der Waals surface area contributed by atoms with Crippen molar-refractivity contribution < 1.29 is 4.79 Å². The fourth-order valence-electron chi connectivity index (χ4n) is 3.05. The lowest BCUT2D eigenvalue weighted by molar-refractivity contribution is -0.130. The van der Waals surface area contributed by atoms with Crippen LogP contribution >= 0.6 is 22.9 Å². The van der Waals surface area contributed by atoms with Crippen molar-refractivity contribution in [1.82, 2.24) is 4.90 Å². The molecule has 0 radical (unpaired) electrons. The van der Waals surface area contributed by atoms with E-state index in [-0.39, 0.29) is 5.91 Å². The first kappa shape index (κ1) is 15.6. The number of hydrogen-bond acceptors (Lipinski definition) is 2. The fraction of sp³-hybridized carbons (Fsp3) is 0.389. The number of hydrogen-bond donors (Lipinski definition) is 0. The third-order valence-corrected chi connectivity index (χ3v) is 5.40. The van der Waals surface area contributed by atoms with Crippen LogP contribution in [-0.2, 0) is 11.2 Å². The Morgan fingerprint density at radius 2 is 2.05 bits per heavy atom. The van der Waals surface area contributed by atoms with Gasteiger partial charge in [-0.05, 0) is 42.0 Å². The maximum atomic E-state index is 12.6. The van der Waals surface area contributed by atoms with Crippen LogP contribution in [-0.4, -0.2) is 23.9 Å². The molecule has 0 saturated carbocycles. The predicted molar refractivity (Wildman–Crippen MR) is 92.6 cm³/mol. The lowest BCUT2D eigenvalue weighted by Gasteiger charge is -2.25. The van der Waals surface area contributed by atoms with Gasteiger partial charge in [0.1, 0.15) is 0 Å². The van der Waals surface area contributed by atoms with E-state index < -0.39 is 0 Å². The zero-order chi connectivity index (χ0) is 15.4. The summed E-state index contributed by atoms with van der Waals surface area (Å²) in [5.41, 5.74) is 1.29. The third-order valence-electron chi connectivity index (χ3n) is 4.27. The zero-order valence-electron chi connectivity index (χ0n) is 12.5. The molecule has 2 heterocycles. The summed E-state index contributed by atoms with van der Waals surface area (Å²) in [6.45, 7) is 1.71. The first-order valence-corrected chi connectivity index (χ1v) is 9.04.